The first kappa shape index (κ1) is 20.6. The first-order valence-corrected chi connectivity index (χ1v) is 6.51. The van der Waals surface area contributed by atoms with Crippen molar-refractivity contribution < 1.29 is 14.7 Å². The molecule has 1 amide bonds. The van der Waals surface area contributed by atoms with Crippen molar-refractivity contribution in [3.63, 3.8) is 0 Å². The molecule has 1 aliphatic rings. The summed E-state index contributed by atoms with van der Waals surface area (Å²) in [7, 11) is 0. The average molecular weight is 350 g/mol. The largest absolute Gasteiger partial charge is 0.481 e. The number of aliphatic carboxylic acids is 1. The molecule has 1 saturated heterocycles. The number of hydrogen-bond acceptors (Lipinski definition) is 4. The van der Waals surface area contributed by atoms with E-state index >= 15 is 0 Å². The Bertz CT molecular complexity index is 520. The van der Waals surface area contributed by atoms with Crippen LogP contribution in [0, 0.1) is 5.92 Å². The predicted octanol–water partition coefficient (Wildman–Crippen LogP) is 1.29. The number of likely N-dealkylation sites (tertiary alicyclic amines) is 1. The second-order valence-electron chi connectivity index (χ2n) is 5.77. The van der Waals surface area contributed by atoms with E-state index in [1.54, 1.807) is 32.3 Å². The highest BCUT2D eigenvalue weighted by molar-refractivity contribution is 5.86. The second-order valence-corrected chi connectivity index (χ2v) is 5.77. The van der Waals surface area contributed by atoms with Gasteiger partial charge in [-0.15, -0.1) is 24.8 Å². The molecule has 1 fully saturated rings. The van der Waals surface area contributed by atoms with Gasteiger partial charge in [0.2, 0.25) is 5.91 Å². The van der Waals surface area contributed by atoms with E-state index in [-0.39, 0.29) is 43.2 Å². The van der Waals surface area contributed by atoms with E-state index in [0.717, 1.165) is 5.56 Å². The lowest BCUT2D eigenvalue weighted by molar-refractivity contribution is -0.142. The van der Waals surface area contributed by atoms with Crippen molar-refractivity contribution >= 4 is 36.7 Å². The molecule has 0 radical (unpaired) electrons. The molecule has 22 heavy (non-hydrogen) atoms. The van der Waals surface area contributed by atoms with Crippen LogP contribution in [0.1, 0.15) is 25.3 Å². The quantitative estimate of drug-likeness (QED) is 0.856. The van der Waals surface area contributed by atoms with Crippen molar-refractivity contribution in [3.05, 3.63) is 30.1 Å². The number of halogens is 2. The number of rotatable bonds is 3. The van der Waals surface area contributed by atoms with Crippen LogP contribution in [0.5, 0.6) is 0 Å². The highest BCUT2D eigenvalue weighted by atomic mass is 35.5. The molecule has 2 rings (SSSR count). The Balaban J connectivity index is 0.00000220. The van der Waals surface area contributed by atoms with Crippen molar-refractivity contribution in [2.24, 2.45) is 11.7 Å². The van der Waals surface area contributed by atoms with Crippen LogP contribution in [-0.4, -0.2) is 45.5 Å². The molecule has 0 unspecified atom stereocenters. The summed E-state index contributed by atoms with van der Waals surface area (Å²) in [6.07, 6.45) is 3.29. The Hall–Kier alpha value is -1.37. The van der Waals surface area contributed by atoms with Gasteiger partial charge in [0, 0.05) is 31.4 Å². The summed E-state index contributed by atoms with van der Waals surface area (Å²) in [6, 6.07) is 3.61. The Labute approximate surface area is 141 Å². The Kier molecular flexibility index (Phi) is 7.28. The van der Waals surface area contributed by atoms with Crippen LogP contribution in [-0.2, 0) is 9.59 Å². The number of amides is 1. The van der Waals surface area contributed by atoms with Crippen molar-refractivity contribution in [2.45, 2.75) is 25.3 Å². The van der Waals surface area contributed by atoms with E-state index in [0.29, 0.717) is 6.54 Å². The third-order valence-electron chi connectivity index (χ3n) is 3.59. The standard InChI is InChI=1S/C14H19N3O3.2ClH/c1-14(2,15)13(20)17-7-10(11(8-17)12(18)19)9-4-3-5-16-6-9;;/h3-6,10-11H,7-8,15H2,1-2H3,(H,18,19);2*1H/t10-,11+;;/m0../s1. The Morgan fingerprint density at radius 3 is 2.45 bits per heavy atom. The van der Waals surface area contributed by atoms with Gasteiger partial charge in [0.25, 0.3) is 0 Å². The van der Waals surface area contributed by atoms with E-state index in [4.69, 9.17) is 5.73 Å². The molecule has 0 bridgehead atoms. The molecule has 1 aliphatic heterocycles. The van der Waals surface area contributed by atoms with Crippen molar-refractivity contribution in [3.8, 4) is 0 Å². The van der Waals surface area contributed by atoms with Crippen LogP contribution in [0.4, 0.5) is 0 Å². The number of carboxylic acids is 1. The van der Waals surface area contributed by atoms with Gasteiger partial charge in [-0.1, -0.05) is 6.07 Å². The van der Waals surface area contributed by atoms with Gasteiger partial charge in [-0.05, 0) is 25.5 Å². The molecule has 3 N–H and O–H groups in total. The normalized spacial score (nSPS) is 20.8. The Morgan fingerprint density at radius 2 is 2.00 bits per heavy atom. The molecular weight excluding hydrogens is 329 g/mol. The zero-order valence-electron chi connectivity index (χ0n) is 12.4. The molecule has 2 heterocycles. The minimum Gasteiger partial charge on any atom is -0.481 e. The lowest BCUT2D eigenvalue weighted by Crippen LogP contribution is -2.50. The van der Waals surface area contributed by atoms with Crippen LogP contribution in [0.25, 0.3) is 0 Å². The molecule has 0 spiro atoms. The van der Waals surface area contributed by atoms with Gasteiger partial charge in [-0.2, -0.15) is 0 Å². The lowest BCUT2D eigenvalue weighted by Gasteiger charge is -2.25. The molecular formula is C14H21Cl2N3O3. The van der Waals surface area contributed by atoms with E-state index in [9.17, 15) is 14.7 Å². The zero-order chi connectivity index (χ0) is 14.9. The van der Waals surface area contributed by atoms with E-state index < -0.39 is 17.4 Å². The van der Waals surface area contributed by atoms with Gasteiger partial charge in [0.15, 0.2) is 0 Å². The van der Waals surface area contributed by atoms with E-state index in [2.05, 4.69) is 4.98 Å². The molecule has 0 saturated carbocycles. The first-order chi connectivity index (χ1) is 9.30. The molecule has 8 heteroatoms. The minimum atomic E-state index is -0.993. The monoisotopic (exact) mass is 349 g/mol. The predicted molar refractivity (Wildman–Crippen MR) is 87.4 cm³/mol. The number of carbonyl (C=O) groups is 2. The molecule has 6 nitrogen and oxygen atoms in total. The minimum absolute atomic E-state index is 0. The van der Waals surface area contributed by atoms with Crippen LogP contribution in [0.2, 0.25) is 0 Å². The SMILES string of the molecule is CC(C)(N)C(=O)N1C[C@@H](C(=O)O)[C@H](c2cccnc2)C1.Cl.Cl. The fraction of sp³-hybridized carbons (Fsp3) is 0.500. The number of hydrogen-bond donors (Lipinski definition) is 2. The Morgan fingerprint density at radius 1 is 1.36 bits per heavy atom. The third kappa shape index (κ3) is 4.32. The summed E-state index contributed by atoms with van der Waals surface area (Å²) < 4.78 is 0. The first-order valence-electron chi connectivity index (χ1n) is 6.51. The maximum Gasteiger partial charge on any atom is 0.308 e. The maximum atomic E-state index is 12.2. The number of nitrogens with zero attached hydrogens (tertiary/aromatic N) is 2. The van der Waals surface area contributed by atoms with E-state index in [1.807, 2.05) is 6.07 Å². The van der Waals surface area contributed by atoms with Crippen molar-refractivity contribution in [1.29, 1.82) is 0 Å². The molecule has 0 aliphatic carbocycles. The highest BCUT2D eigenvalue weighted by Gasteiger charge is 2.42. The van der Waals surface area contributed by atoms with Gasteiger partial charge < -0.3 is 15.7 Å². The van der Waals surface area contributed by atoms with Gasteiger partial charge in [0.1, 0.15) is 0 Å². The van der Waals surface area contributed by atoms with Crippen LogP contribution < -0.4 is 5.73 Å². The van der Waals surface area contributed by atoms with Gasteiger partial charge in [-0.25, -0.2) is 0 Å². The summed E-state index contributed by atoms with van der Waals surface area (Å²) in [4.78, 5) is 29.2. The maximum absolute atomic E-state index is 12.2. The number of carboxylic acid groups (broad SMARTS) is 1. The summed E-state index contributed by atoms with van der Waals surface area (Å²) in [5.41, 5.74) is 5.66. The van der Waals surface area contributed by atoms with Gasteiger partial charge >= 0.3 is 5.97 Å². The van der Waals surface area contributed by atoms with Crippen LogP contribution in [0.15, 0.2) is 24.5 Å². The number of aromatic nitrogens is 1. The fourth-order valence-corrected chi connectivity index (χ4v) is 2.56. The van der Waals surface area contributed by atoms with Crippen LogP contribution in [0.3, 0.4) is 0 Å². The van der Waals surface area contributed by atoms with Gasteiger partial charge in [0.05, 0.1) is 11.5 Å². The number of nitrogens with two attached hydrogens (primary N) is 1. The zero-order valence-corrected chi connectivity index (χ0v) is 14.1. The average Bonchev–Trinajstić information content (AvgIpc) is 2.82. The van der Waals surface area contributed by atoms with Crippen molar-refractivity contribution in [1.82, 2.24) is 9.88 Å². The number of carbonyl (C=O) groups excluding carboxylic acids is 1. The second kappa shape index (κ2) is 7.76. The molecule has 2 atom stereocenters. The summed E-state index contributed by atoms with van der Waals surface area (Å²) in [5.74, 6) is -1.99. The van der Waals surface area contributed by atoms with Crippen LogP contribution >= 0.6 is 24.8 Å². The lowest BCUT2D eigenvalue weighted by atomic mass is 9.90. The topological polar surface area (TPSA) is 96.5 Å². The molecule has 1 aromatic heterocycles. The third-order valence-corrected chi connectivity index (χ3v) is 3.59. The summed E-state index contributed by atoms with van der Waals surface area (Å²) in [6.45, 7) is 3.81. The number of pyridine rings is 1. The highest BCUT2D eigenvalue weighted by Crippen LogP contribution is 2.33. The molecule has 0 aromatic carbocycles. The summed E-state index contributed by atoms with van der Waals surface area (Å²) >= 11 is 0. The van der Waals surface area contributed by atoms with Gasteiger partial charge in [-0.3, -0.25) is 14.6 Å². The fourth-order valence-electron chi connectivity index (χ4n) is 2.56. The van der Waals surface area contributed by atoms with E-state index in [1.165, 1.54) is 4.90 Å². The smallest absolute Gasteiger partial charge is 0.308 e. The molecule has 124 valence electrons. The van der Waals surface area contributed by atoms with Crippen molar-refractivity contribution in [2.75, 3.05) is 13.1 Å². The molecule has 1 aromatic rings. The summed E-state index contributed by atoms with van der Waals surface area (Å²) in [5, 5.41) is 9.36.